The SMILES string of the molecule is CCCCCCCCCC/C=C\CCCCCCCCCCCCCCCCCCCCCC(=O)OCC(COC(=O)CCCCCCCCCC)OC(=O)CCCCCCCCCCCCC/C=C\CCCCCCCCCC. The van der Waals surface area contributed by atoms with Gasteiger partial charge in [-0.2, -0.15) is 0 Å². The van der Waals surface area contributed by atoms with E-state index in [1.807, 2.05) is 0 Å². The highest BCUT2D eigenvalue weighted by atomic mass is 16.6. The first kappa shape index (κ1) is 77.9. The van der Waals surface area contributed by atoms with Gasteiger partial charge < -0.3 is 14.2 Å². The summed E-state index contributed by atoms with van der Waals surface area (Å²) < 4.78 is 16.9. The van der Waals surface area contributed by atoms with Crippen LogP contribution in [0.4, 0.5) is 0 Å². The van der Waals surface area contributed by atoms with Gasteiger partial charge in [-0.3, -0.25) is 14.4 Å². The van der Waals surface area contributed by atoms with Gasteiger partial charge in [0, 0.05) is 19.3 Å². The van der Waals surface area contributed by atoms with Crippen LogP contribution in [-0.4, -0.2) is 37.2 Å². The van der Waals surface area contributed by atoms with Crippen molar-refractivity contribution < 1.29 is 28.6 Å². The second kappa shape index (κ2) is 69.4. The van der Waals surface area contributed by atoms with Gasteiger partial charge in [-0.15, -0.1) is 0 Å². The van der Waals surface area contributed by atoms with Gasteiger partial charge in [0.25, 0.3) is 0 Å². The number of carbonyl (C=O) groups is 3. The maximum atomic E-state index is 12.9. The van der Waals surface area contributed by atoms with E-state index in [-0.39, 0.29) is 31.1 Å². The summed E-state index contributed by atoms with van der Waals surface area (Å²) in [5, 5.41) is 0. The molecular formula is C74H140O6. The van der Waals surface area contributed by atoms with E-state index in [9.17, 15) is 14.4 Å². The third-order valence-corrected chi connectivity index (χ3v) is 16.7. The normalized spacial score (nSPS) is 12.1. The molecule has 0 heterocycles. The molecule has 0 spiro atoms. The maximum absolute atomic E-state index is 12.9. The van der Waals surface area contributed by atoms with Gasteiger partial charge in [-0.1, -0.05) is 347 Å². The molecule has 1 unspecified atom stereocenters. The molecule has 6 heteroatoms. The largest absolute Gasteiger partial charge is 0.462 e. The van der Waals surface area contributed by atoms with Crippen molar-refractivity contribution in [1.82, 2.24) is 0 Å². The Morgan fingerprint density at radius 1 is 0.237 bits per heavy atom. The monoisotopic (exact) mass is 1130 g/mol. The summed E-state index contributed by atoms with van der Waals surface area (Å²) in [6.07, 6.45) is 85.3. The Morgan fingerprint density at radius 2 is 0.412 bits per heavy atom. The minimum atomic E-state index is -0.767. The van der Waals surface area contributed by atoms with E-state index in [4.69, 9.17) is 14.2 Å². The van der Waals surface area contributed by atoms with E-state index in [0.717, 1.165) is 57.8 Å². The van der Waals surface area contributed by atoms with Crippen LogP contribution >= 0.6 is 0 Å². The number of rotatable bonds is 68. The third-order valence-electron chi connectivity index (χ3n) is 16.7. The highest BCUT2D eigenvalue weighted by Gasteiger charge is 2.19. The van der Waals surface area contributed by atoms with E-state index < -0.39 is 6.10 Å². The lowest BCUT2D eigenvalue weighted by atomic mass is 10.0. The summed E-state index contributed by atoms with van der Waals surface area (Å²) in [5.41, 5.74) is 0. The smallest absolute Gasteiger partial charge is 0.306 e. The van der Waals surface area contributed by atoms with Crippen molar-refractivity contribution >= 4 is 17.9 Å². The minimum absolute atomic E-state index is 0.0654. The van der Waals surface area contributed by atoms with Crippen LogP contribution in [0.2, 0.25) is 0 Å². The van der Waals surface area contributed by atoms with E-state index in [1.165, 1.54) is 315 Å². The molecule has 0 aromatic rings. The van der Waals surface area contributed by atoms with E-state index in [2.05, 4.69) is 45.1 Å². The van der Waals surface area contributed by atoms with E-state index in [1.54, 1.807) is 0 Å². The number of carbonyl (C=O) groups excluding carboxylic acids is 3. The summed E-state index contributed by atoms with van der Waals surface area (Å²) in [4.78, 5) is 38.2. The molecule has 0 aliphatic heterocycles. The van der Waals surface area contributed by atoms with Crippen LogP contribution < -0.4 is 0 Å². The highest BCUT2D eigenvalue weighted by molar-refractivity contribution is 5.71. The van der Waals surface area contributed by atoms with Crippen LogP contribution in [-0.2, 0) is 28.6 Å². The second-order valence-electron chi connectivity index (χ2n) is 24.9. The molecule has 0 radical (unpaired) electrons. The quantitative estimate of drug-likeness (QED) is 0.0261. The average Bonchev–Trinajstić information content (AvgIpc) is 3.46. The Morgan fingerprint density at radius 3 is 0.625 bits per heavy atom. The number of ether oxygens (including phenoxy) is 3. The molecule has 0 aliphatic rings. The molecule has 0 N–H and O–H groups in total. The van der Waals surface area contributed by atoms with Gasteiger partial charge in [0.1, 0.15) is 13.2 Å². The Balaban J connectivity index is 4.02. The van der Waals surface area contributed by atoms with Crippen molar-refractivity contribution in [2.75, 3.05) is 13.2 Å². The number of hydrogen-bond acceptors (Lipinski definition) is 6. The zero-order valence-electron chi connectivity index (χ0n) is 54.4. The van der Waals surface area contributed by atoms with Crippen LogP contribution in [0.5, 0.6) is 0 Å². The fourth-order valence-electron chi connectivity index (χ4n) is 11.2. The van der Waals surface area contributed by atoms with Crippen LogP contribution in [0.1, 0.15) is 412 Å². The summed E-state index contributed by atoms with van der Waals surface area (Å²) in [6.45, 7) is 6.68. The molecule has 0 rings (SSSR count). The highest BCUT2D eigenvalue weighted by Crippen LogP contribution is 2.19. The van der Waals surface area contributed by atoms with E-state index in [0.29, 0.717) is 19.3 Å². The predicted molar refractivity (Wildman–Crippen MR) is 349 cm³/mol. The topological polar surface area (TPSA) is 78.9 Å². The molecular weight excluding hydrogens is 985 g/mol. The summed E-state index contributed by atoms with van der Waals surface area (Å²) in [7, 11) is 0. The van der Waals surface area contributed by atoms with Crippen LogP contribution in [0.25, 0.3) is 0 Å². The van der Waals surface area contributed by atoms with Crippen LogP contribution in [0.3, 0.4) is 0 Å². The number of hydrogen-bond donors (Lipinski definition) is 0. The Kier molecular flexibility index (Phi) is 67.6. The summed E-state index contributed by atoms with van der Waals surface area (Å²) >= 11 is 0. The fourth-order valence-corrected chi connectivity index (χ4v) is 11.2. The first-order valence-electron chi connectivity index (χ1n) is 36.3. The van der Waals surface area contributed by atoms with Gasteiger partial charge in [-0.05, 0) is 70.6 Å². The molecule has 0 saturated heterocycles. The van der Waals surface area contributed by atoms with E-state index >= 15 is 0 Å². The molecule has 0 fully saturated rings. The molecule has 0 bridgehead atoms. The fraction of sp³-hybridized carbons (Fsp3) is 0.905. The summed E-state index contributed by atoms with van der Waals surface area (Å²) in [5.74, 6) is -0.841. The molecule has 0 aliphatic carbocycles. The first-order chi connectivity index (χ1) is 39.5. The van der Waals surface area contributed by atoms with Crippen molar-refractivity contribution in [3.05, 3.63) is 24.3 Å². The van der Waals surface area contributed by atoms with Crippen LogP contribution in [0, 0.1) is 0 Å². The predicted octanol–water partition coefficient (Wildman–Crippen LogP) is 25.0. The second-order valence-corrected chi connectivity index (χ2v) is 24.9. The molecule has 1 atom stereocenters. The maximum Gasteiger partial charge on any atom is 0.306 e. The zero-order valence-corrected chi connectivity index (χ0v) is 54.4. The first-order valence-corrected chi connectivity index (χ1v) is 36.3. The standard InChI is InChI=1S/C74H140O6/c1-4-7-10-13-16-19-21-23-25-27-29-31-33-34-35-36-37-38-39-40-42-43-45-47-49-51-53-55-58-61-64-67-73(76)79-70-71(69-78-72(75)66-63-60-57-18-15-12-9-6-3)80-74(77)68-65-62-59-56-54-52-50-48-46-44-41-32-30-28-26-24-22-20-17-14-11-8-5-2/h27-30,71H,4-26,31-70H2,1-3H3/b29-27-,30-28-. The number of allylic oxidation sites excluding steroid dienone is 4. The van der Waals surface area contributed by atoms with Gasteiger partial charge in [0.15, 0.2) is 6.10 Å². The van der Waals surface area contributed by atoms with Crippen molar-refractivity contribution in [3.63, 3.8) is 0 Å². The molecule has 6 nitrogen and oxygen atoms in total. The van der Waals surface area contributed by atoms with Crippen molar-refractivity contribution in [2.24, 2.45) is 0 Å². The Bertz CT molecular complexity index is 1290. The van der Waals surface area contributed by atoms with Gasteiger partial charge in [0.05, 0.1) is 0 Å². The zero-order chi connectivity index (χ0) is 57.8. The van der Waals surface area contributed by atoms with Gasteiger partial charge in [-0.25, -0.2) is 0 Å². The van der Waals surface area contributed by atoms with Crippen molar-refractivity contribution in [3.8, 4) is 0 Å². The number of esters is 3. The lowest BCUT2D eigenvalue weighted by Gasteiger charge is -2.18. The lowest BCUT2D eigenvalue weighted by Crippen LogP contribution is -2.30. The molecule has 80 heavy (non-hydrogen) atoms. The third kappa shape index (κ3) is 66.7. The Hall–Kier alpha value is -2.11. The minimum Gasteiger partial charge on any atom is -0.462 e. The van der Waals surface area contributed by atoms with Crippen LogP contribution in [0.15, 0.2) is 24.3 Å². The lowest BCUT2D eigenvalue weighted by molar-refractivity contribution is -0.167. The molecule has 0 aromatic carbocycles. The molecule has 0 saturated carbocycles. The molecule has 0 aromatic heterocycles. The van der Waals surface area contributed by atoms with Gasteiger partial charge in [0.2, 0.25) is 0 Å². The Labute approximate surface area is 500 Å². The molecule has 472 valence electrons. The summed E-state index contributed by atoms with van der Waals surface area (Å²) in [6, 6.07) is 0. The average molecular weight is 1130 g/mol. The van der Waals surface area contributed by atoms with Gasteiger partial charge >= 0.3 is 17.9 Å². The molecule has 0 amide bonds. The number of unbranched alkanes of at least 4 members (excludes halogenated alkanes) is 53. The van der Waals surface area contributed by atoms with Crippen molar-refractivity contribution in [1.29, 1.82) is 0 Å². The van der Waals surface area contributed by atoms with Crippen molar-refractivity contribution in [2.45, 2.75) is 419 Å².